The molecular formula is C10H19ClN4O. The van der Waals surface area contributed by atoms with E-state index in [2.05, 4.69) is 10.5 Å². The highest BCUT2D eigenvalue weighted by molar-refractivity contribution is 6.31. The van der Waals surface area contributed by atoms with Gasteiger partial charge in [-0.1, -0.05) is 11.6 Å². The van der Waals surface area contributed by atoms with Crippen molar-refractivity contribution in [3.05, 3.63) is 16.9 Å². The molecule has 0 aliphatic carbocycles. The molecule has 0 aromatic carbocycles. The quantitative estimate of drug-likeness (QED) is 0.623. The van der Waals surface area contributed by atoms with Crippen LogP contribution in [0.15, 0.2) is 6.20 Å². The molecule has 0 fully saturated rings. The van der Waals surface area contributed by atoms with Gasteiger partial charge in [-0.05, 0) is 20.8 Å². The fourth-order valence-corrected chi connectivity index (χ4v) is 1.65. The summed E-state index contributed by atoms with van der Waals surface area (Å²) in [5, 5.41) is 4.65. The zero-order valence-electron chi connectivity index (χ0n) is 10.1. The van der Waals surface area contributed by atoms with E-state index in [-0.39, 0.29) is 11.6 Å². The van der Waals surface area contributed by atoms with Gasteiger partial charge < -0.3 is 4.74 Å². The molecule has 0 amide bonds. The Labute approximate surface area is 101 Å². The van der Waals surface area contributed by atoms with Crippen LogP contribution in [0.5, 0.6) is 0 Å². The van der Waals surface area contributed by atoms with Crippen molar-refractivity contribution in [2.24, 2.45) is 12.9 Å². The van der Waals surface area contributed by atoms with Crippen LogP contribution in [-0.2, 0) is 11.8 Å². The summed E-state index contributed by atoms with van der Waals surface area (Å²) in [7, 11) is 1.82. The Morgan fingerprint density at radius 2 is 2.25 bits per heavy atom. The zero-order valence-corrected chi connectivity index (χ0v) is 10.9. The molecule has 1 aromatic rings. The van der Waals surface area contributed by atoms with Gasteiger partial charge in [0, 0.05) is 7.05 Å². The number of nitrogens with one attached hydrogen (secondary N) is 1. The predicted octanol–water partition coefficient (Wildman–Crippen LogP) is 1.39. The van der Waals surface area contributed by atoms with Gasteiger partial charge in [0.1, 0.15) is 0 Å². The maximum absolute atomic E-state index is 6.03. The summed E-state index contributed by atoms with van der Waals surface area (Å²) in [6, 6.07) is -0.167. The molecule has 0 saturated carbocycles. The molecular weight excluding hydrogens is 228 g/mol. The third-order valence-corrected chi connectivity index (χ3v) is 2.44. The van der Waals surface area contributed by atoms with Crippen molar-refractivity contribution in [2.75, 3.05) is 6.61 Å². The van der Waals surface area contributed by atoms with Crippen LogP contribution in [0, 0.1) is 0 Å². The van der Waals surface area contributed by atoms with Crippen LogP contribution < -0.4 is 11.3 Å². The third-order valence-electron chi connectivity index (χ3n) is 2.15. The van der Waals surface area contributed by atoms with Crippen molar-refractivity contribution in [2.45, 2.75) is 32.4 Å². The molecule has 16 heavy (non-hydrogen) atoms. The molecule has 0 aliphatic rings. The maximum Gasteiger partial charge on any atom is 0.0877 e. The second-order valence-electron chi connectivity index (χ2n) is 4.64. The summed E-state index contributed by atoms with van der Waals surface area (Å²) in [6.07, 6.45) is 1.60. The summed E-state index contributed by atoms with van der Waals surface area (Å²) >= 11 is 6.03. The number of halogens is 1. The number of hydrazine groups is 1. The van der Waals surface area contributed by atoms with Crippen molar-refractivity contribution in [3.8, 4) is 0 Å². The molecule has 0 spiro atoms. The number of hydrogen-bond acceptors (Lipinski definition) is 4. The Balaban J connectivity index is 2.75. The van der Waals surface area contributed by atoms with E-state index in [1.54, 1.807) is 10.9 Å². The summed E-state index contributed by atoms with van der Waals surface area (Å²) in [6.45, 7) is 6.42. The van der Waals surface area contributed by atoms with E-state index < -0.39 is 0 Å². The number of hydrogen-bond donors (Lipinski definition) is 2. The lowest BCUT2D eigenvalue weighted by atomic mass is 10.2. The SMILES string of the molecule is Cn1ncc(Cl)c1C(COC(C)(C)C)NN. The number of aromatic nitrogens is 2. The van der Waals surface area contributed by atoms with E-state index >= 15 is 0 Å². The molecule has 6 heteroatoms. The van der Waals surface area contributed by atoms with E-state index in [1.807, 2.05) is 27.8 Å². The van der Waals surface area contributed by atoms with Crippen molar-refractivity contribution >= 4 is 11.6 Å². The van der Waals surface area contributed by atoms with Crippen LogP contribution >= 0.6 is 11.6 Å². The molecule has 1 unspecified atom stereocenters. The van der Waals surface area contributed by atoms with Crippen LogP contribution in [-0.4, -0.2) is 22.0 Å². The van der Waals surface area contributed by atoms with Gasteiger partial charge in [0.15, 0.2) is 0 Å². The molecule has 5 nitrogen and oxygen atoms in total. The number of nitrogens with two attached hydrogens (primary N) is 1. The smallest absolute Gasteiger partial charge is 0.0877 e. The molecule has 1 heterocycles. The third kappa shape index (κ3) is 3.45. The number of ether oxygens (including phenoxy) is 1. The minimum Gasteiger partial charge on any atom is -0.374 e. The van der Waals surface area contributed by atoms with Gasteiger partial charge in [-0.25, -0.2) is 5.43 Å². The fraction of sp³-hybridized carbons (Fsp3) is 0.700. The standard InChI is InChI=1S/C10H19ClN4O/c1-10(2,3)16-6-8(14-12)9-7(11)5-13-15(9)4/h5,8,14H,6,12H2,1-4H3. The second-order valence-corrected chi connectivity index (χ2v) is 5.05. The summed E-state index contributed by atoms with van der Waals surface area (Å²) < 4.78 is 7.37. The highest BCUT2D eigenvalue weighted by Crippen LogP contribution is 2.23. The van der Waals surface area contributed by atoms with E-state index in [1.165, 1.54) is 0 Å². The monoisotopic (exact) mass is 246 g/mol. The Morgan fingerprint density at radius 1 is 1.62 bits per heavy atom. The topological polar surface area (TPSA) is 65.1 Å². The van der Waals surface area contributed by atoms with E-state index in [4.69, 9.17) is 22.2 Å². The van der Waals surface area contributed by atoms with Crippen LogP contribution in [0.3, 0.4) is 0 Å². The van der Waals surface area contributed by atoms with Gasteiger partial charge in [-0.3, -0.25) is 10.5 Å². The fourth-order valence-electron chi connectivity index (χ4n) is 1.35. The first-order chi connectivity index (χ1) is 7.35. The van der Waals surface area contributed by atoms with Crippen LogP contribution in [0.25, 0.3) is 0 Å². The summed E-state index contributed by atoms with van der Waals surface area (Å²) in [5.41, 5.74) is 3.31. The molecule has 0 aliphatic heterocycles. The molecule has 0 radical (unpaired) electrons. The molecule has 3 N–H and O–H groups in total. The average Bonchev–Trinajstić information content (AvgIpc) is 2.48. The minimum absolute atomic E-state index is 0.167. The number of nitrogens with zero attached hydrogens (tertiary/aromatic N) is 2. The van der Waals surface area contributed by atoms with E-state index in [0.717, 1.165) is 5.69 Å². The van der Waals surface area contributed by atoms with Crippen LogP contribution in [0.4, 0.5) is 0 Å². The lowest BCUT2D eigenvalue weighted by Crippen LogP contribution is -2.35. The van der Waals surface area contributed by atoms with Gasteiger partial charge in [0.05, 0.1) is 35.2 Å². The lowest BCUT2D eigenvalue weighted by molar-refractivity contribution is -0.0157. The summed E-state index contributed by atoms with van der Waals surface area (Å²) in [5.74, 6) is 5.50. The largest absolute Gasteiger partial charge is 0.374 e. The lowest BCUT2D eigenvalue weighted by Gasteiger charge is -2.24. The normalized spacial score (nSPS) is 14.1. The van der Waals surface area contributed by atoms with Gasteiger partial charge in [0.2, 0.25) is 0 Å². The van der Waals surface area contributed by atoms with Gasteiger partial charge in [-0.15, -0.1) is 0 Å². The van der Waals surface area contributed by atoms with Gasteiger partial charge >= 0.3 is 0 Å². The van der Waals surface area contributed by atoms with Crippen LogP contribution in [0.1, 0.15) is 32.5 Å². The summed E-state index contributed by atoms with van der Waals surface area (Å²) in [4.78, 5) is 0. The molecule has 0 bridgehead atoms. The van der Waals surface area contributed by atoms with Crippen LogP contribution in [0.2, 0.25) is 5.02 Å². The highest BCUT2D eigenvalue weighted by Gasteiger charge is 2.21. The van der Waals surface area contributed by atoms with Crippen molar-refractivity contribution in [3.63, 3.8) is 0 Å². The van der Waals surface area contributed by atoms with E-state index in [0.29, 0.717) is 11.6 Å². The maximum atomic E-state index is 6.03. The molecule has 0 saturated heterocycles. The van der Waals surface area contributed by atoms with Crippen molar-refractivity contribution in [1.29, 1.82) is 0 Å². The average molecular weight is 247 g/mol. The predicted molar refractivity (Wildman–Crippen MR) is 64.0 cm³/mol. The number of aryl methyl sites for hydroxylation is 1. The van der Waals surface area contributed by atoms with Gasteiger partial charge in [-0.2, -0.15) is 5.10 Å². The molecule has 1 rings (SSSR count). The molecule has 92 valence electrons. The minimum atomic E-state index is -0.208. The number of rotatable bonds is 4. The van der Waals surface area contributed by atoms with Crippen molar-refractivity contribution in [1.82, 2.24) is 15.2 Å². The van der Waals surface area contributed by atoms with Crippen molar-refractivity contribution < 1.29 is 4.74 Å². The Bertz CT molecular complexity index is 326. The Kier molecular flexibility index (Phi) is 4.32. The second kappa shape index (κ2) is 5.14. The van der Waals surface area contributed by atoms with Gasteiger partial charge in [0.25, 0.3) is 0 Å². The first kappa shape index (κ1) is 13.4. The first-order valence-electron chi connectivity index (χ1n) is 5.12. The highest BCUT2D eigenvalue weighted by atomic mass is 35.5. The Morgan fingerprint density at radius 3 is 2.62 bits per heavy atom. The first-order valence-corrected chi connectivity index (χ1v) is 5.50. The zero-order chi connectivity index (χ0) is 12.3. The van der Waals surface area contributed by atoms with E-state index in [9.17, 15) is 0 Å². The molecule has 1 aromatic heterocycles. The Hall–Kier alpha value is -0.620. The molecule has 1 atom stereocenters.